The molecule has 0 unspecified atom stereocenters. The van der Waals surface area contributed by atoms with E-state index in [0.717, 1.165) is 50.1 Å². The summed E-state index contributed by atoms with van der Waals surface area (Å²) in [5.41, 5.74) is 2.61. The number of rotatable bonds is 9. The van der Waals surface area contributed by atoms with E-state index >= 15 is 0 Å². The first-order valence-electron chi connectivity index (χ1n) is 9.46. The Kier molecular flexibility index (Phi) is 11.1. The maximum absolute atomic E-state index is 5.13. The lowest BCUT2D eigenvalue weighted by molar-refractivity contribution is 0.195. The Morgan fingerprint density at radius 2 is 1.89 bits per heavy atom. The van der Waals surface area contributed by atoms with Crippen LogP contribution >= 0.6 is 24.0 Å². The summed E-state index contributed by atoms with van der Waals surface area (Å²) < 4.78 is 7.10. The van der Waals surface area contributed by atoms with E-state index < -0.39 is 0 Å². The van der Waals surface area contributed by atoms with Gasteiger partial charge in [0.15, 0.2) is 11.8 Å². The zero-order chi connectivity index (χ0) is 19.6. The first kappa shape index (κ1) is 24.4. The van der Waals surface area contributed by atoms with E-state index in [1.807, 2.05) is 18.5 Å². The monoisotopic (exact) mass is 500 g/mol. The molecule has 7 nitrogen and oxygen atoms in total. The maximum atomic E-state index is 5.13. The minimum Gasteiger partial charge on any atom is -0.385 e. The summed E-state index contributed by atoms with van der Waals surface area (Å²) in [4.78, 5) is 6.90. The van der Waals surface area contributed by atoms with E-state index in [9.17, 15) is 0 Å². The van der Waals surface area contributed by atoms with Crippen LogP contribution in [0.15, 0.2) is 29.3 Å². The smallest absolute Gasteiger partial charge is 0.194 e. The second-order valence-corrected chi connectivity index (χ2v) is 6.66. The summed E-state index contributed by atoms with van der Waals surface area (Å²) in [5.74, 6) is 2.59. The molecule has 0 saturated carbocycles. The van der Waals surface area contributed by atoms with Crippen LogP contribution < -0.4 is 5.32 Å². The minimum absolute atomic E-state index is 0. The lowest BCUT2D eigenvalue weighted by Crippen LogP contribution is -2.39. The SMILES string of the molecule is CCc1ccc(CN(C)C(=NCc2nnc(C)n2C)NCCCOC)cc1.I. The highest BCUT2D eigenvalue weighted by Gasteiger charge is 2.09. The Morgan fingerprint density at radius 3 is 2.46 bits per heavy atom. The van der Waals surface area contributed by atoms with Crippen molar-refractivity contribution in [3.05, 3.63) is 47.0 Å². The van der Waals surface area contributed by atoms with Crippen molar-refractivity contribution >= 4 is 29.9 Å². The Labute approximate surface area is 185 Å². The van der Waals surface area contributed by atoms with Crippen LogP contribution in [0.1, 0.15) is 36.1 Å². The molecule has 1 aromatic heterocycles. The van der Waals surface area contributed by atoms with Gasteiger partial charge in [-0.15, -0.1) is 34.2 Å². The fraction of sp³-hybridized carbons (Fsp3) is 0.550. The molecule has 0 aliphatic carbocycles. The number of nitrogens with one attached hydrogen (secondary N) is 1. The summed E-state index contributed by atoms with van der Waals surface area (Å²) in [7, 11) is 5.74. The highest BCUT2D eigenvalue weighted by Crippen LogP contribution is 2.08. The Bertz CT molecular complexity index is 729. The third-order valence-corrected chi connectivity index (χ3v) is 4.57. The average Bonchev–Trinajstić information content (AvgIpc) is 3.00. The number of nitrogens with zero attached hydrogens (tertiary/aromatic N) is 5. The summed E-state index contributed by atoms with van der Waals surface area (Å²) in [5, 5.41) is 11.7. The summed E-state index contributed by atoms with van der Waals surface area (Å²) in [6, 6.07) is 8.75. The molecule has 8 heteroatoms. The normalized spacial score (nSPS) is 11.2. The molecule has 0 atom stereocenters. The largest absolute Gasteiger partial charge is 0.385 e. The number of guanidine groups is 1. The number of aryl methyl sites for hydroxylation is 2. The predicted molar refractivity (Wildman–Crippen MR) is 124 cm³/mol. The lowest BCUT2D eigenvalue weighted by Gasteiger charge is -2.23. The number of hydrogen-bond donors (Lipinski definition) is 1. The minimum atomic E-state index is 0. The molecule has 0 saturated heterocycles. The molecule has 0 aliphatic rings. The van der Waals surface area contributed by atoms with Gasteiger partial charge in [-0.2, -0.15) is 0 Å². The van der Waals surface area contributed by atoms with Crippen LogP contribution in [0.3, 0.4) is 0 Å². The molecule has 0 aliphatic heterocycles. The number of aromatic nitrogens is 3. The highest BCUT2D eigenvalue weighted by molar-refractivity contribution is 14.0. The van der Waals surface area contributed by atoms with Crippen molar-refractivity contribution in [1.82, 2.24) is 25.0 Å². The standard InChI is InChI=1S/C20H32N6O.HI/c1-6-17-8-10-18(11-9-17)15-25(3)20(21-12-7-13-27-5)22-14-19-24-23-16(2)26(19)4;/h8-11H,6-7,12-15H2,1-5H3,(H,21,22);1H. The van der Waals surface area contributed by atoms with Crippen LogP contribution in [0.5, 0.6) is 0 Å². The summed E-state index contributed by atoms with van der Waals surface area (Å²) >= 11 is 0. The lowest BCUT2D eigenvalue weighted by atomic mass is 10.1. The van der Waals surface area contributed by atoms with Crippen LogP contribution in [0.2, 0.25) is 0 Å². The van der Waals surface area contributed by atoms with Crippen LogP contribution in [0.25, 0.3) is 0 Å². The molecule has 0 spiro atoms. The molecule has 1 aromatic carbocycles. The number of halogens is 1. The van der Waals surface area contributed by atoms with E-state index in [1.54, 1.807) is 7.11 Å². The first-order valence-corrected chi connectivity index (χ1v) is 9.46. The van der Waals surface area contributed by atoms with Gasteiger partial charge in [0, 0.05) is 40.9 Å². The molecular weight excluding hydrogens is 467 g/mol. The van der Waals surface area contributed by atoms with Gasteiger partial charge >= 0.3 is 0 Å². The van der Waals surface area contributed by atoms with E-state index in [4.69, 9.17) is 9.73 Å². The van der Waals surface area contributed by atoms with Crippen molar-refractivity contribution in [3.63, 3.8) is 0 Å². The van der Waals surface area contributed by atoms with E-state index in [1.165, 1.54) is 11.1 Å². The zero-order valence-corrected chi connectivity index (χ0v) is 19.9. The molecular formula is C20H33IN6O. The fourth-order valence-electron chi connectivity index (χ4n) is 2.69. The van der Waals surface area contributed by atoms with Gasteiger partial charge in [-0.05, 0) is 30.9 Å². The first-order chi connectivity index (χ1) is 13.0. The molecule has 0 fully saturated rings. The second kappa shape index (κ2) is 12.7. The molecule has 1 heterocycles. The van der Waals surface area contributed by atoms with Crippen molar-refractivity contribution in [2.24, 2.45) is 12.0 Å². The molecule has 0 radical (unpaired) electrons. The predicted octanol–water partition coefficient (Wildman–Crippen LogP) is 2.92. The highest BCUT2D eigenvalue weighted by atomic mass is 127. The number of aliphatic imine (C=N–C) groups is 1. The Morgan fingerprint density at radius 1 is 1.21 bits per heavy atom. The summed E-state index contributed by atoms with van der Waals surface area (Å²) in [6.07, 6.45) is 1.98. The topological polar surface area (TPSA) is 67.6 Å². The number of ether oxygens (including phenoxy) is 1. The Hall–Kier alpha value is -1.68. The molecule has 0 bridgehead atoms. The van der Waals surface area contributed by atoms with Gasteiger partial charge in [0.1, 0.15) is 12.4 Å². The third kappa shape index (κ3) is 7.38. The van der Waals surface area contributed by atoms with Crippen molar-refractivity contribution in [2.75, 3.05) is 27.3 Å². The van der Waals surface area contributed by atoms with E-state index in [0.29, 0.717) is 6.54 Å². The van der Waals surface area contributed by atoms with Gasteiger partial charge < -0.3 is 19.5 Å². The van der Waals surface area contributed by atoms with Crippen molar-refractivity contribution in [3.8, 4) is 0 Å². The molecule has 0 amide bonds. The van der Waals surface area contributed by atoms with Crippen LogP contribution in [-0.2, 0) is 31.3 Å². The number of benzene rings is 1. The van der Waals surface area contributed by atoms with Gasteiger partial charge in [0.05, 0.1) is 0 Å². The molecule has 2 aromatic rings. The van der Waals surface area contributed by atoms with Gasteiger partial charge in [0.2, 0.25) is 0 Å². The summed E-state index contributed by atoms with van der Waals surface area (Å²) in [6.45, 7) is 6.93. The van der Waals surface area contributed by atoms with Crippen LogP contribution in [0.4, 0.5) is 0 Å². The zero-order valence-electron chi connectivity index (χ0n) is 17.6. The Balaban J connectivity index is 0.00000392. The average molecular weight is 500 g/mol. The van der Waals surface area contributed by atoms with Gasteiger partial charge in [0.25, 0.3) is 0 Å². The maximum Gasteiger partial charge on any atom is 0.194 e. The van der Waals surface area contributed by atoms with Gasteiger partial charge in [-0.25, -0.2) is 4.99 Å². The van der Waals surface area contributed by atoms with Crippen molar-refractivity contribution in [2.45, 2.75) is 39.8 Å². The van der Waals surface area contributed by atoms with Crippen LogP contribution in [-0.4, -0.2) is 52.9 Å². The van der Waals surface area contributed by atoms with E-state index in [-0.39, 0.29) is 24.0 Å². The number of methoxy groups -OCH3 is 1. The van der Waals surface area contributed by atoms with Crippen molar-refractivity contribution < 1.29 is 4.74 Å². The quantitative estimate of drug-likeness (QED) is 0.248. The van der Waals surface area contributed by atoms with Crippen LogP contribution in [0, 0.1) is 6.92 Å². The molecule has 156 valence electrons. The molecule has 1 N–H and O–H groups in total. The van der Waals surface area contributed by atoms with Crippen molar-refractivity contribution in [1.29, 1.82) is 0 Å². The van der Waals surface area contributed by atoms with E-state index in [2.05, 4.69) is 58.7 Å². The molecule has 2 rings (SSSR count). The fourth-order valence-corrected chi connectivity index (χ4v) is 2.69. The number of hydrogen-bond acceptors (Lipinski definition) is 4. The second-order valence-electron chi connectivity index (χ2n) is 6.66. The van der Waals surface area contributed by atoms with Gasteiger partial charge in [-0.1, -0.05) is 31.2 Å². The molecule has 28 heavy (non-hydrogen) atoms. The third-order valence-electron chi connectivity index (χ3n) is 4.57. The van der Waals surface area contributed by atoms with Gasteiger partial charge in [-0.3, -0.25) is 0 Å².